The van der Waals surface area contributed by atoms with Gasteiger partial charge in [-0.2, -0.15) is 0 Å². The van der Waals surface area contributed by atoms with Gasteiger partial charge in [-0.1, -0.05) is 18.2 Å². The van der Waals surface area contributed by atoms with Gasteiger partial charge in [0.1, 0.15) is 0 Å². The van der Waals surface area contributed by atoms with Gasteiger partial charge < -0.3 is 9.64 Å². The minimum atomic E-state index is -0.349. The molecule has 0 N–H and O–H groups in total. The average Bonchev–Trinajstić information content (AvgIpc) is 2.72. The molecule has 0 bridgehead atoms. The van der Waals surface area contributed by atoms with Crippen molar-refractivity contribution in [2.24, 2.45) is 4.99 Å². The van der Waals surface area contributed by atoms with Crippen molar-refractivity contribution in [3.8, 4) is 0 Å². The fraction of sp³-hybridized carbons (Fsp3) is 0.429. The van der Waals surface area contributed by atoms with Gasteiger partial charge in [0, 0.05) is 12.2 Å². The Hall–Kier alpha value is -1.84. The van der Waals surface area contributed by atoms with Crippen molar-refractivity contribution in [3.05, 3.63) is 30.3 Å². The lowest BCUT2D eigenvalue weighted by Gasteiger charge is -2.20. The number of anilines is 1. The summed E-state index contributed by atoms with van der Waals surface area (Å²) in [5.41, 5.74) is 0.973. The van der Waals surface area contributed by atoms with E-state index >= 15 is 0 Å². The highest BCUT2D eigenvalue weighted by atomic mass is 16.5. The van der Waals surface area contributed by atoms with E-state index in [0.717, 1.165) is 5.69 Å². The highest BCUT2D eigenvalue weighted by molar-refractivity contribution is 6.41. The van der Waals surface area contributed by atoms with Crippen LogP contribution >= 0.6 is 0 Å². The number of para-hydroxylation sites is 1. The van der Waals surface area contributed by atoms with E-state index in [9.17, 15) is 4.79 Å². The predicted molar refractivity (Wildman–Crippen MR) is 71.9 cm³/mol. The number of aliphatic imine (C=N–C) groups is 1. The lowest BCUT2D eigenvalue weighted by Crippen LogP contribution is -2.36. The maximum absolute atomic E-state index is 12.0. The second kappa shape index (κ2) is 5.21. The van der Waals surface area contributed by atoms with Gasteiger partial charge in [0.25, 0.3) is 0 Å². The number of hydrogen-bond acceptors (Lipinski definition) is 4. The lowest BCUT2D eigenvalue weighted by atomic mass is 10.2. The Balaban J connectivity index is 2.22. The first-order valence-corrected chi connectivity index (χ1v) is 6.19. The first kappa shape index (κ1) is 12.6. The van der Waals surface area contributed by atoms with Crippen LogP contribution in [0.15, 0.2) is 35.3 Å². The molecule has 1 aliphatic heterocycles. The zero-order valence-electron chi connectivity index (χ0n) is 11.0. The van der Waals surface area contributed by atoms with E-state index in [0.29, 0.717) is 12.4 Å². The van der Waals surface area contributed by atoms with Crippen molar-refractivity contribution in [2.45, 2.75) is 32.9 Å². The van der Waals surface area contributed by atoms with Gasteiger partial charge in [-0.05, 0) is 32.9 Å². The lowest BCUT2D eigenvalue weighted by molar-refractivity contribution is -0.139. The average molecular weight is 246 g/mol. The van der Waals surface area contributed by atoms with Gasteiger partial charge in [0.15, 0.2) is 0 Å². The standard InChI is InChI=1S/C14H18N2O2/c1-10(2)18-14(17)13-15-11(3)9-16(13)12-7-5-4-6-8-12/h4-8,10-11H,9H2,1-3H3/t11-/m0/s1. The molecule has 1 aromatic rings. The third-order valence-corrected chi connectivity index (χ3v) is 2.64. The van der Waals surface area contributed by atoms with Crippen molar-refractivity contribution >= 4 is 17.5 Å². The molecule has 4 nitrogen and oxygen atoms in total. The predicted octanol–water partition coefficient (Wildman–Crippen LogP) is 2.25. The molecular weight excluding hydrogens is 228 g/mol. The molecule has 0 unspecified atom stereocenters. The van der Waals surface area contributed by atoms with E-state index < -0.39 is 0 Å². The molecule has 1 atom stereocenters. The number of rotatable bonds is 3. The van der Waals surface area contributed by atoms with Crippen LogP contribution in [0.3, 0.4) is 0 Å². The Bertz CT molecular complexity index is 454. The van der Waals surface area contributed by atoms with Crippen LogP contribution in [0.25, 0.3) is 0 Å². The monoisotopic (exact) mass is 246 g/mol. The normalized spacial score (nSPS) is 19.0. The molecule has 0 fully saturated rings. The number of esters is 1. The number of carbonyl (C=O) groups excluding carboxylic acids is 1. The molecule has 0 saturated heterocycles. The fourth-order valence-corrected chi connectivity index (χ4v) is 1.94. The summed E-state index contributed by atoms with van der Waals surface area (Å²) < 4.78 is 5.22. The zero-order valence-corrected chi connectivity index (χ0v) is 11.0. The van der Waals surface area contributed by atoms with Gasteiger partial charge >= 0.3 is 5.97 Å². The molecule has 0 amide bonds. The summed E-state index contributed by atoms with van der Waals surface area (Å²) in [6.07, 6.45) is -0.131. The minimum Gasteiger partial charge on any atom is -0.457 e. The van der Waals surface area contributed by atoms with Crippen molar-refractivity contribution in [2.75, 3.05) is 11.4 Å². The van der Waals surface area contributed by atoms with E-state index in [2.05, 4.69) is 4.99 Å². The van der Waals surface area contributed by atoms with Crippen LogP contribution in [0.2, 0.25) is 0 Å². The number of hydrogen-bond donors (Lipinski definition) is 0. The topological polar surface area (TPSA) is 41.9 Å². The molecule has 0 spiro atoms. The van der Waals surface area contributed by atoms with Crippen LogP contribution in [0.4, 0.5) is 5.69 Å². The van der Waals surface area contributed by atoms with E-state index in [1.54, 1.807) is 0 Å². The molecule has 18 heavy (non-hydrogen) atoms. The van der Waals surface area contributed by atoms with E-state index in [1.165, 1.54) is 0 Å². The van der Waals surface area contributed by atoms with Crippen molar-refractivity contribution in [1.29, 1.82) is 0 Å². The molecule has 96 valence electrons. The Morgan fingerprint density at radius 1 is 1.39 bits per heavy atom. The highest BCUT2D eigenvalue weighted by Crippen LogP contribution is 2.20. The molecule has 4 heteroatoms. The second-order valence-corrected chi connectivity index (χ2v) is 4.70. The fourth-order valence-electron chi connectivity index (χ4n) is 1.94. The number of nitrogens with zero attached hydrogens (tertiary/aromatic N) is 2. The number of benzene rings is 1. The molecular formula is C14H18N2O2. The van der Waals surface area contributed by atoms with Crippen LogP contribution < -0.4 is 4.90 Å². The maximum atomic E-state index is 12.0. The molecule has 0 aromatic heterocycles. The molecule has 0 aliphatic carbocycles. The third-order valence-electron chi connectivity index (χ3n) is 2.64. The summed E-state index contributed by atoms with van der Waals surface area (Å²) in [6, 6.07) is 9.89. The first-order valence-electron chi connectivity index (χ1n) is 6.19. The smallest absolute Gasteiger partial charge is 0.374 e. The van der Waals surface area contributed by atoms with Gasteiger partial charge in [-0.25, -0.2) is 4.79 Å². The summed E-state index contributed by atoms with van der Waals surface area (Å²) in [4.78, 5) is 18.3. The van der Waals surface area contributed by atoms with Gasteiger partial charge in [-0.15, -0.1) is 0 Å². The molecule has 1 aliphatic rings. The zero-order chi connectivity index (χ0) is 13.1. The first-order chi connectivity index (χ1) is 8.58. The molecule has 1 aromatic carbocycles. The second-order valence-electron chi connectivity index (χ2n) is 4.70. The highest BCUT2D eigenvalue weighted by Gasteiger charge is 2.30. The Morgan fingerprint density at radius 2 is 2.06 bits per heavy atom. The van der Waals surface area contributed by atoms with Crippen molar-refractivity contribution < 1.29 is 9.53 Å². The Kier molecular flexibility index (Phi) is 3.65. The number of ether oxygens (including phenoxy) is 1. The van der Waals surface area contributed by atoms with Gasteiger partial charge in [-0.3, -0.25) is 4.99 Å². The summed E-state index contributed by atoms with van der Waals surface area (Å²) in [7, 11) is 0. The van der Waals surface area contributed by atoms with Crippen LogP contribution in [0.1, 0.15) is 20.8 Å². The van der Waals surface area contributed by atoms with Crippen LogP contribution in [-0.2, 0) is 9.53 Å². The van der Waals surface area contributed by atoms with Crippen LogP contribution in [0.5, 0.6) is 0 Å². The van der Waals surface area contributed by atoms with E-state index in [4.69, 9.17) is 4.74 Å². The van der Waals surface area contributed by atoms with E-state index in [1.807, 2.05) is 56.0 Å². The quantitative estimate of drug-likeness (QED) is 0.768. The van der Waals surface area contributed by atoms with Crippen LogP contribution in [0, 0.1) is 0 Å². The molecule has 1 heterocycles. The summed E-state index contributed by atoms with van der Waals surface area (Å²) in [5, 5.41) is 0. The SMILES string of the molecule is CC(C)OC(=O)C1=N[C@@H](C)CN1c1ccccc1. The Labute approximate surface area is 107 Å². The Morgan fingerprint density at radius 3 is 2.67 bits per heavy atom. The molecule has 2 rings (SSSR count). The van der Waals surface area contributed by atoms with E-state index in [-0.39, 0.29) is 18.1 Å². The minimum absolute atomic E-state index is 0.111. The van der Waals surface area contributed by atoms with Gasteiger partial charge in [0.2, 0.25) is 5.84 Å². The van der Waals surface area contributed by atoms with Crippen molar-refractivity contribution in [3.63, 3.8) is 0 Å². The summed E-state index contributed by atoms with van der Waals surface area (Å²) in [5.74, 6) is 0.0561. The number of carbonyl (C=O) groups is 1. The largest absolute Gasteiger partial charge is 0.457 e. The number of amidine groups is 1. The third kappa shape index (κ3) is 2.70. The maximum Gasteiger partial charge on any atom is 0.374 e. The molecule has 0 radical (unpaired) electrons. The van der Waals surface area contributed by atoms with Gasteiger partial charge in [0.05, 0.1) is 12.1 Å². The summed E-state index contributed by atoms with van der Waals surface area (Å²) in [6.45, 7) is 6.38. The summed E-state index contributed by atoms with van der Waals surface area (Å²) >= 11 is 0. The van der Waals surface area contributed by atoms with Crippen molar-refractivity contribution in [1.82, 2.24) is 0 Å². The van der Waals surface area contributed by atoms with Crippen LogP contribution in [-0.4, -0.2) is 30.5 Å². The molecule has 0 saturated carbocycles.